The Labute approximate surface area is 121 Å². The van der Waals surface area contributed by atoms with Crippen LogP contribution < -0.4 is 4.74 Å². The summed E-state index contributed by atoms with van der Waals surface area (Å²) in [5, 5.41) is 12.1. The van der Waals surface area contributed by atoms with Crippen LogP contribution >= 0.6 is 15.9 Å². The third-order valence-corrected chi connectivity index (χ3v) is 5.04. The molecular weight excluding hydrogens is 304 g/mol. The Morgan fingerprint density at radius 1 is 1.21 bits per heavy atom. The molecule has 0 bridgehead atoms. The maximum Gasteiger partial charge on any atom is 0.134 e. The van der Waals surface area contributed by atoms with E-state index in [1.807, 2.05) is 32.0 Å². The van der Waals surface area contributed by atoms with Gasteiger partial charge in [-0.1, -0.05) is 44.2 Å². The first kappa shape index (κ1) is 12.9. The summed E-state index contributed by atoms with van der Waals surface area (Å²) in [5.74, 6) is 0.851. The average molecular weight is 321 g/mol. The Morgan fingerprint density at radius 3 is 2.63 bits per heavy atom. The predicted molar refractivity (Wildman–Crippen MR) is 80.5 cm³/mol. The van der Waals surface area contributed by atoms with Gasteiger partial charge in [0.1, 0.15) is 11.9 Å². The van der Waals surface area contributed by atoms with Gasteiger partial charge in [0.25, 0.3) is 0 Å². The molecule has 2 unspecified atom stereocenters. The van der Waals surface area contributed by atoms with Crippen molar-refractivity contribution in [2.24, 2.45) is 5.41 Å². The van der Waals surface area contributed by atoms with Crippen LogP contribution in [0.1, 0.15) is 20.3 Å². The summed E-state index contributed by atoms with van der Waals surface area (Å²) < 4.78 is 7.06. The second-order valence-corrected chi connectivity index (χ2v) is 6.57. The van der Waals surface area contributed by atoms with Gasteiger partial charge in [-0.2, -0.15) is 0 Å². The molecule has 0 amide bonds. The molecule has 0 spiro atoms. The topological polar surface area (TPSA) is 29.5 Å². The highest BCUT2D eigenvalue weighted by molar-refractivity contribution is 9.10. The zero-order chi connectivity index (χ0) is 13.6. The zero-order valence-electron chi connectivity index (χ0n) is 11.1. The molecule has 0 heterocycles. The van der Waals surface area contributed by atoms with Gasteiger partial charge in [-0.15, -0.1) is 0 Å². The van der Waals surface area contributed by atoms with Crippen LogP contribution in [0.25, 0.3) is 10.8 Å². The number of ether oxygens (including phenoxy) is 1. The van der Waals surface area contributed by atoms with E-state index in [0.29, 0.717) is 6.42 Å². The van der Waals surface area contributed by atoms with E-state index in [1.165, 1.54) is 5.39 Å². The standard InChI is InChI=1S/C16H17BrO2/c1-16(2)13(18)9-14(16)19-12-8-7-10-5-3-4-6-11(10)15(12)17/h3-8,13-14,18H,9H2,1-2H3. The van der Waals surface area contributed by atoms with Crippen LogP contribution in [0.5, 0.6) is 5.75 Å². The summed E-state index contributed by atoms with van der Waals surface area (Å²) in [6.45, 7) is 4.08. The van der Waals surface area contributed by atoms with Crippen molar-refractivity contribution in [1.82, 2.24) is 0 Å². The van der Waals surface area contributed by atoms with Gasteiger partial charge in [0.05, 0.1) is 10.6 Å². The summed E-state index contributed by atoms with van der Waals surface area (Å²) in [6.07, 6.45) is 0.503. The van der Waals surface area contributed by atoms with Crippen LogP contribution in [0, 0.1) is 5.41 Å². The van der Waals surface area contributed by atoms with Crippen molar-refractivity contribution in [3.8, 4) is 5.75 Å². The number of rotatable bonds is 2. The van der Waals surface area contributed by atoms with E-state index in [0.717, 1.165) is 15.6 Å². The van der Waals surface area contributed by atoms with Gasteiger partial charge in [-0.3, -0.25) is 0 Å². The maximum atomic E-state index is 9.77. The first-order valence-corrected chi connectivity index (χ1v) is 7.31. The summed E-state index contributed by atoms with van der Waals surface area (Å²) in [6, 6.07) is 12.3. The number of hydrogen-bond acceptors (Lipinski definition) is 2. The van der Waals surface area contributed by atoms with E-state index in [9.17, 15) is 5.11 Å². The lowest BCUT2D eigenvalue weighted by Gasteiger charge is -2.48. The Bertz CT molecular complexity index is 621. The summed E-state index contributed by atoms with van der Waals surface area (Å²) in [7, 11) is 0. The smallest absolute Gasteiger partial charge is 0.134 e. The molecule has 0 aromatic heterocycles. The first-order valence-electron chi connectivity index (χ1n) is 6.52. The van der Waals surface area contributed by atoms with Crippen LogP contribution in [0.3, 0.4) is 0 Å². The van der Waals surface area contributed by atoms with Gasteiger partial charge < -0.3 is 9.84 Å². The van der Waals surface area contributed by atoms with Crippen molar-refractivity contribution in [1.29, 1.82) is 0 Å². The molecule has 2 aromatic rings. The van der Waals surface area contributed by atoms with Gasteiger partial charge in [0.2, 0.25) is 0 Å². The number of halogens is 1. The average Bonchev–Trinajstić information content (AvgIpc) is 2.41. The number of aliphatic hydroxyl groups excluding tert-OH is 1. The summed E-state index contributed by atoms with van der Waals surface area (Å²) in [5.41, 5.74) is -0.176. The molecule has 1 fully saturated rings. The van der Waals surface area contributed by atoms with Crippen LogP contribution in [0.4, 0.5) is 0 Å². The largest absolute Gasteiger partial charge is 0.488 e. The quantitative estimate of drug-likeness (QED) is 0.901. The van der Waals surface area contributed by atoms with Gasteiger partial charge in [0, 0.05) is 11.8 Å². The van der Waals surface area contributed by atoms with Crippen LogP contribution in [-0.4, -0.2) is 17.3 Å². The van der Waals surface area contributed by atoms with E-state index in [-0.39, 0.29) is 17.6 Å². The minimum atomic E-state index is -0.267. The molecule has 1 aliphatic rings. The van der Waals surface area contributed by atoms with E-state index < -0.39 is 0 Å². The minimum Gasteiger partial charge on any atom is -0.488 e. The second-order valence-electron chi connectivity index (χ2n) is 5.78. The Kier molecular flexibility index (Phi) is 3.06. The van der Waals surface area contributed by atoms with Crippen molar-refractivity contribution < 1.29 is 9.84 Å². The second kappa shape index (κ2) is 4.50. The van der Waals surface area contributed by atoms with Crippen molar-refractivity contribution >= 4 is 26.7 Å². The number of aliphatic hydroxyl groups is 1. The highest BCUT2D eigenvalue weighted by atomic mass is 79.9. The van der Waals surface area contributed by atoms with Gasteiger partial charge in [-0.25, -0.2) is 0 Å². The maximum absolute atomic E-state index is 9.77. The Morgan fingerprint density at radius 2 is 1.95 bits per heavy atom. The predicted octanol–water partition coefficient (Wildman–Crippen LogP) is 4.14. The fourth-order valence-electron chi connectivity index (χ4n) is 2.52. The highest BCUT2D eigenvalue weighted by Crippen LogP contribution is 2.44. The highest BCUT2D eigenvalue weighted by Gasteiger charge is 2.49. The normalized spacial score (nSPS) is 25.1. The van der Waals surface area contributed by atoms with Crippen molar-refractivity contribution in [2.45, 2.75) is 32.5 Å². The lowest BCUT2D eigenvalue weighted by Crippen LogP contribution is -2.56. The molecule has 1 N–H and O–H groups in total. The molecule has 1 saturated carbocycles. The lowest BCUT2D eigenvalue weighted by molar-refractivity contribution is -0.134. The van der Waals surface area contributed by atoms with E-state index >= 15 is 0 Å². The van der Waals surface area contributed by atoms with Crippen molar-refractivity contribution in [2.75, 3.05) is 0 Å². The van der Waals surface area contributed by atoms with E-state index in [2.05, 4.69) is 34.1 Å². The number of fused-ring (bicyclic) bond motifs is 1. The molecule has 2 aromatic carbocycles. The summed E-state index contributed by atoms with van der Waals surface area (Å²) >= 11 is 3.63. The first-order chi connectivity index (χ1) is 9.00. The molecule has 3 heteroatoms. The fraction of sp³-hybridized carbons (Fsp3) is 0.375. The van der Waals surface area contributed by atoms with Crippen LogP contribution in [-0.2, 0) is 0 Å². The summed E-state index contributed by atoms with van der Waals surface area (Å²) in [4.78, 5) is 0. The molecule has 0 aliphatic heterocycles. The van der Waals surface area contributed by atoms with Gasteiger partial charge in [-0.05, 0) is 32.8 Å². The third kappa shape index (κ3) is 2.05. The minimum absolute atomic E-state index is 0.0694. The number of benzene rings is 2. The van der Waals surface area contributed by atoms with Crippen LogP contribution in [0.15, 0.2) is 40.9 Å². The Hall–Kier alpha value is -1.06. The fourth-order valence-corrected chi connectivity index (χ4v) is 3.11. The molecule has 1 aliphatic carbocycles. The monoisotopic (exact) mass is 320 g/mol. The molecule has 100 valence electrons. The van der Waals surface area contributed by atoms with Crippen molar-refractivity contribution in [3.05, 3.63) is 40.9 Å². The molecule has 2 atom stereocenters. The molecule has 0 radical (unpaired) electrons. The molecule has 3 rings (SSSR count). The zero-order valence-corrected chi connectivity index (χ0v) is 12.6. The van der Waals surface area contributed by atoms with E-state index in [4.69, 9.17) is 4.74 Å². The Balaban J connectivity index is 1.92. The third-order valence-electron chi connectivity index (χ3n) is 4.22. The molecule has 2 nitrogen and oxygen atoms in total. The van der Waals surface area contributed by atoms with Gasteiger partial charge >= 0.3 is 0 Å². The number of hydrogen-bond donors (Lipinski definition) is 1. The van der Waals surface area contributed by atoms with Crippen LogP contribution in [0.2, 0.25) is 0 Å². The molecule has 19 heavy (non-hydrogen) atoms. The lowest BCUT2D eigenvalue weighted by atomic mass is 9.66. The van der Waals surface area contributed by atoms with Gasteiger partial charge in [0.15, 0.2) is 0 Å². The van der Waals surface area contributed by atoms with Crippen molar-refractivity contribution in [3.63, 3.8) is 0 Å². The SMILES string of the molecule is CC1(C)C(O)CC1Oc1ccc2ccccc2c1Br. The molecular formula is C16H17BrO2. The molecule has 0 saturated heterocycles. The van der Waals surface area contributed by atoms with E-state index in [1.54, 1.807) is 0 Å².